The summed E-state index contributed by atoms with van der Waals surface area (Å²) in [6.45, 7) is 5.50. The highest BCUT2D eigenvalue weighted by atomic mass is 16.6. The average molecular weight is 420 g/mol. The molecule has 3 aromatic rings. The highest BCUT2D eigenvalue weighted by Crippen LogP contribution is 2.37. The SMILES string of the molecule is CC(C)(C)OC(=O)Nc1ccc([C@@H]2[C@H](O)CCCc3cncn32)c(-c2ccccc2)c1. The molecule has 4 rings (SSSR count). The van der Waals surface area contributed by atoms with E-state index in [1.807, 2.05) is 75.5 Å². The lowest BCUT2D eigenvalue weighted by Crippen LogP contribution is -2.27. The Bertz CT molecular complexity index is 1050. The zero-order valence-electron chi connectivity index (χ0n) is 18.2. The molecule has 1 amide bonds. The minimum atomic E-state index is -0.575. The number of carbonyl (C=O) groups is 1. The standard InChI is InChI=1S/C25H29N3O3/c1-25(2,3)31-24(30)27-18-12-13-20(21(14-18)17-8-5-4-6-9-17)23-22(29)11-7-10-19-15-26-16-28(19)23/h4-6,8-9,12-16,22-23,29H,7,10-11H2,1-3H3,(H,27,30)/t22-,23-/m1/s1. The van der Waals surface area contributed by atoms with Gasteiger partial charge in [0.1, 0.15) is 5.60 Å². The summed E-state index contributed by atoms with van der Waals surface area (Å²) >= 11 is 0. The molecule has 0 fully saturated rings. The predicted octanol–water partition coefficient (Wildman–Crippen LogP) is 5.18. The smallest absolute Gasteiger partial charge is 0.412 e. The molecule has 0 spiro atoms. The van der Waals surface area contributed by atoms with E-state index in [-0.39, 0.29) is 6.04 Å². The molecule has 1 aliphatic rings. The van der Waals surface area contributed by atoms with Crippen molar-refractivity contribution in [2.45, 2.75) is 57.8 Å². The van der Waals surface area contributed by atoms with Crippen LogP contribution in [-0.2, 0) is 11.2 Å². The van der Waals surface area contributed by atoms with Gasteiger partial charge < -0.3 is 14.4 Å². The second-order valence-corrected chi connectivity index (χ2v) is 8.99. The Morgan fingerprint density at radius 3 is 2.71 bits per heavy atom. The van der Waals surface area contributed by atoms with Crippen molar-refractivity contribution >= 4 is 11.8 Å². The molecule has 0 unspecified atom stereocenters. The Morgan fingerprint density at radius 1 is 1.19 bits per heavy atom. The summed E-state index contributed by atoms with van der Waals surface area (Å²) in [4.78, 5) is 16.6. The first-order valence-corrected chi connectivity index (χ1v) is 10.7. The number of ether oxygens (including phenoxy) is 1. The number of aliphatic hydroxyl groups is 1. The predicted molar refractivity (Wildman–Crippen MR) is 121 cm³/mol. The molecule has 6 nitrogen and oxygen atoms in total. The molecule has 1 aliphatic heterocycles. The van der Waals surface area contributed by atoms with Crippen LogP contribution in [-0.4, -0.2) is 32.5 Å². The van der Waals surface area contributed by atoms with Gasteiger partial charge in [-0.05, 0) is 68.9 Å². The van der Waals surface area contributed by atoms with Gasteiger partial charge >= 0.3 is 6.09 Å². The third-order valence-corrected chi connectivity index (χ3v) is 5.45. The Kier molecular flexibility index (Phi) is 5.83. The number of carbonyl (C=O) groups excluding carboxylic acids is 1. The molecule has 0 saturated heterocycles. The summed E-state index contributed by atoms with van der Waals surface area (Å²) in [5, 5.41) is 13.9. The number of hydrogen-bond acceptors (Lipinski definition) is 4. The van der Waals surface area contributed by atoms with Crippen LogP contribution in [0.3, 0.4) is 0 Å². The largest absolute Gasteiger partial charge is 0.444 e. The number of rotatable bonds is 3. The number of aryl methyl sites for hydroxylation is 1. The van der Waals surface area contributed by atoms with Crippen molar-refractivity contribution in [3.8, 4) is 11.1 Å². The molecule has 2 heterocycles. The summed E-state index contributed by atoms with van der Waals surface area (Å²) in [6, 6.07) is 15.6. The first kappa shape index (κ1) is 21.1. The number of aromatic nitrogens is 2. The van der Waals surface area contributed by atoms with Gasteiger partial charge in [-0.2, -0.15) is 0 Å². The van der Waals surface area contributed by atoms with Crippen LogP contribution >= 0.6 is 0 Å². The monoisotopic (exact) mass is 419 g/mol. The summed E-state index contributed by atoms with van der Waals surface area (Å²) < 4.78 is 7.48. The molecule has 0 saturated carbocycles. The van der Waals surface area contributed by atoms with Crippen molar-refractivity contribution in [2.24, 2.45) is 0 Å². The number of aliphatic hydroxyl groups excluding tert-OH is 1. The van der Waals surface area contributed by atoms with Crippen molar-refractivity contribution in [2.75, 3.05) is 5.32 Å². The fourth-order valence-corrected chi connectivity index (χ4v) is 4.15. The van der Waals surface area contributed by atoms with E-state index in [1.54, 1.807) is 6.33 Å². The van der Waals surface area contributed by atoms with Crippen LogP contribution in [0.15, 0.2) is 61.1 Å². The van der Waals surface area contributed by atoms with E-state index in [0.29, 0.717) is 5.69 Å². The number of nitrogens with one attached hydrogen (secondary N) is 1. The Morgan fingerprint density at radius 2 is 1.97 bits per heavy atom. The molecule has 6 heteroatoms. The van der Waals surface area contributed by atoms with Crippen molar-refractivity contribution in [1.29, 1.82) is 0 Å². The Labute approximate surface area is 182 Å². The van der Waals surface area contributed by atoms with Crippen LogP contribution in [0.2, 0.25) is 0 Å². The highest BCUT2D eigenvalue weighted by molar-refractivity contribution is 5.86. The van der Waals surface area contributed by atoms with Gasteiger partial charge in [0.05, 0.1) is 18.5 Å². The van der Waals surface area contributed by atoms with Gasteiger partial charge in [-0.3, -0.25) is 5.32 Å². The van der Waals surface area contributed by atoms with E-state index >= 15 is 0 Å². The maximum Gasteiger partial charge on any atom is 0.412 e. The number of anilines is 1. The molecule has 0 radical (unpaired) electrons. The lowest BCUT2D eigenvalue weighted by Gasteiger charge is -2.27. The van der Waals surface area contributed by atoms with E-state index in [2.05, 4.69) is 14.9 Å². The fourth-order valence-electron chi connectivity index (χ4n) is 4.15. The molecular formula is C25H29N3O3. The number of fused-ring (bicyclic) bond motifs is 1. The summed E-state index contributed by atoms with van der Waals surface area (Å²) in [6.07, 6.45) is 5.20. The number of benzene rings is 2. The maximum absolute atomic E-state index is 12.3. The minimum absolute atomic E-state index is 0.245. The molecule has 31 heavy (non-hydrogen) atoms. The van der Waals surface area contributed by atoms with Gasteiger partial charge in [-0.15, -0.1) is 0 Å². The zero-order valence-corrected chi connectivity index (χ0v) is 18.2. The van der Waals surface area contributed by atoms with Crippen LogP contribution in [0, 0.1) is 0 Å². The molecule has 0 aliphatic carbocycles. The quantitative estimate of drug-likeness (QED) is 0.613. The molecule has 1 aromatic heterocycles. The van der Waals surface area contributed by atoms with Gasteiger partial charge in [0.2, 0.25) is 0 Å². The highest BCUT2D eigenvalue weighted by Gasteiger charge is 2.29. The van der Waals surface area contributed by atoms with Crippen molar-refractivity contribution in [1.82, 2.24) is 9.55 Å². The van der Waals surface area contributed by atoms with Crippen LogP contribution in [0.1, 0.15) is 50.9 Å². The summed E-state index contributed by atoms with van der Waals surface area (Å²) in [5.41, 5.74) is 4.16. The average Bonchev–Trinajstić information content (AvgIpc) is 3.10. The van der Waals surface area contributed by atoms with Crippen molar-refractivity contribution < 1.29 is 14.6 Å². The molecule has 0 bridgehead atoms. The maximum atomic E-state index is 12.3. The number of amides is 1. The second-order valence-electron chi connectivity index (χ2n) is 8.99. The van der Waals surface area contributed by atoms with Crippen LogP contribution in [0.4, 0.5) is 10.5 Å². The van der Waals surface area contributed by atoms with Gasteiger partial charge in [0.15, 0.2) is 0 Å². The Hall–Kier alpha value is -3.12. The molecule has 2 N–H and O–H groups in total. The van der Waals surface area contributed by atoms with Gasteiger partial charge in [-0.1, -0.05) is 36.4 Å². The van der Waals surface area contributed by atoms with E-state index in [4.69, 9.17) is 4.74 Å². The normalized spacial score (nSPS) is 18.7. The van der Waals surface area contributed by atoms with Crippen molar-refractivity contribution in [3.63, 3.8) is 0 Å². The van der Waals surface area contributed by atoms with Crippen LogP contribution < -0.4 is 5.32 Å². The fraction of sp³-hybridized carbons (Fsp3) is 0.360. The summed E-state index contributed by atoms with van der Waals surface area (Å²) in [5.74, 6) is 0. The lowest BCUT2D eigenvalue weighted by atomic mass is 9.90. The van der Waals surface area contributed by atoms with Crippen molar-refractivity contribution in [3.05, 3.63) is 72.3 Å². The summed E-state index contributed by atoms with van der Waals surface area (Å²) in [7, 11) is 0. The third-order valence-electron chi connectivity index (χ3n) is 5.45. The number of hydrogen-bond donors (Lipinski definition) is 2. The molecule has 2 atom stereocenters. The second kappa shape index (κ2) is 8.55. The minimum Gasteiger partial charge on any atom is -0.444 e. The first-order chi connectivity index (χ1) is 14.8. The van der Waals surface area contributed by atoms with E-state index in [0.717, 1.165) is 41.6 Å². The molecule has 162 valence electrons. The number of imidazole rings is 1. The first-order valence-electron chi connectivity index (χ1n) is 10.7. The van der Waals surface area contributed by atoms with Crippen LogP contribution in [0.25, 0.3) is 11.1 Å². The Balaban J connectivity index is 1.77. The van der Waals surface area contributed by atoms with Gasteiger partial charge in [0.25, 0.3) is 0 Å². The molecular weight excluding hydrogens is 390 g/mol. The van der Waals surface area contributed by atoms with Gasteiger partial charge in [-0.25, -0.2) is 9.78 Å². The topological polar surface area (TPSA) is 76.4 Å². The van der Waals surface area contributed by atoms with E-state index in [9.17, 15) is 9.90 Å². The van der Waals surface area contributed by atoms with E-state index in [1.165, 1.54) is 0 Å². The lowest BCUT2D eigenvalue weighted by molar-refractivity contribution is 0.0636. The zero-order chi connectivity index (χ0) is 22.0. The molecule has 2 aromatic carbocycles. The van der Waals surface area contributed by atoms with Gasteiger partial charge in [0, 0.05) is 17.6 Å². The van der Waals surface area contributed by atoms with E-state index < -0.39 is 17.8 Å². The third kappa shape index (κ3) is 4.80. The number of nitrogens with zero attached hydrogens (tertiary/aromatic N) is 2. The van der Waals surface area contributed by atoms with Crippen LogP contribution in [0.5, 0.6) is 0 Å².